The predicted octanol–water partition coefficient (Wildman–Crippen LogP) is 2.49. The maximum atomic E-state index is 12.4. The summed E-state index contributed by atoms with van der Waals surface area (Å²) in [6.07, 6.45) is 1.38. The number of nitrogens with zero attached hydrogens (tertiary/aromatic N) is 1. The number of carbonyl (C=O) groups is 1. The van der Waals surface area contributed by atoms with Gasteiger partial charge in [-0.2, -0.15) is 0 Å². The second-order valence-electron chi connectivity index (χ2n) is 5.07. The van der Waals surface area contributed by atoms with Gasteiger partial charge in [-0.05, 0) is 31.2 Å². The van der Waals surface area contributed by atoms with Gasteiger partial charge in [-0.1, -0.05) is 6.07 Å². The van der Waals surface area contributed by atoms with Gasteiger partial charge in [-0.25, -0.2) is 4.98 Å². The topological polar surface area (TPSA) is 84.1 Å². The summed E-state index contributed by atoms with van der Waals surface area (Å²) in [6.45, 7) is 1.83. The van der Waals surface area contributed by atoms with Crippen LogP contribution < -0.4 is 15.5 Å². The van der Waals surface area contributed by atoms with Crippen LogP contribution in [-0.2, 0) is 0 Å². The molecule has 0 unspecified atom stereocenters. The number of H-pyrrole nitrogens is 1. The Hall–Kier alpha value is -3.15. The molecule has 0 aliphatic heterocycles. The molecule has 6 nitrogen and oxygen atoms in total. The SMILES string of the molecule is COc1cccc(NC(=O)c2c[nH]c3nc(C)ccc3c2=O)c1. The largest absolute Gasteiger partial charge is 0.497 e. The predicted molar refractivity (Wildman–Crippen MR) is 88.0 cm³/mol. The lowest BCUT2D eigenvalue weighted by Gasteiger charge is -2.07. The molecule has 0 aliphatic carbocycles. The van der Waals surface area contributed by atoms with Crippen LogP contribution >= 0.6 is 0 Å². The van der Waals surface area contributed by atoms with Gasteiger partial charge in [-0.15, -0.1) is 0 Å². The van der Waals surface area contributed by atoms with Crippen LogP contribution in [-0.4, -0.2) is 23.0 Å². The molecular formula is C17H15N3O3. The molecule has 0 fully saturated rings. The first kappa shape index (κ1) is 14.8. The second kappa shape index (κ2) is 5.92. The minimum atomic E-state index is -0.484. The summed E-state index contributed by atoms with van der Waals surface area (Å²) in [5.41, 5.74) is 1.49. The number of rotatable bonds is 3. The number of hydrogen-bond acceptors (Lipinski definition) is 4. The number of aryl methyl sites for hydroxylation is 1. The van der Waals surface area contributed by atoms with Crippen molar-refractivity contribution in [3.05, 3.63) is 64.1 Å². The van der Waals surface area contributed by atoms with Gasteiger partial charge in [0, 0.05) is 23.6 Å². The van der Waals surface area contributed by atoms with Crippen molar-refractivity contribution in [3.63, 3.8) is 0 Å². The van der Waals surface area contributed by atoms with E-state index in [1.807, 2.05) is 6.92 Å². The zero-order valence-corrected chi connectivity index (χ0v) is 12.7. The van der Waals surface area contributed by atoms with Crippen LogP contribution in [0.15, 0.2) is 47.4 Å². The zero-order valence-electron chi connectivity index (χ0n) is 12.7. The number of ether oxygens (including phenoxy) is 1. The van der Waals surface area contributed by atoms with E-state index in [4.69, 9.17) is 4.74 Å². The number of benzene rings is 1. The Balaban J connectivity index is 1.96. The molecule has 0 aliphatic rings. The maximum absolute atomic E-state index is 12.4. The molecule has 1 amide bonds. The molecule has 1 aromatic carbocycles. The number of carbonyl (C=O) groups excluding carboxylic acids is 1. The van der Waals surface area contributed by atoms with Crippen molar-refractivity contribution in [1.82, 2.24) is 9.97 Å². The number of aromatic amines is 1. The molecule has 0 radical (unpaired) electrons. The number of amides is 1. The Labute approximate surface area is 132 Å². The van der Waals surface area contributed by atoms with Crippen molar-refractivity contribution in [2.75, 3.05) is 12.4 Å². The standard InChI is InChI=1S/C17H15N3O3/c1-10-6-7-13-15(21)14(9-18-16(13)19-10)17(22)20-11-4-3-5-12(8-11)23-2/h3-9H,1-2H3,(H,20,22)(H,18,19,21). The van der Waals surface area contributed by atoms with Crippen LogP contribution in [0.5, 0.6) is 5.75 Å². The second-order valence-corrected chi connectivity index (χ2v) is 5.07. The third-order valence-electron chi connectivity index (χ3n) is 3.45. The summed E-state index contributed by atoms with van der Waals surface area (Å²) in [4.78, 5) is 31.9. The Bertz CT molecular complexity index is 947. The Morgan fingerprint density at radius 1 is 1.26 bits per heavy atom. The van der Waals surface area contributed by atoms with Crippen molar-refractivity contribution in [3.8, 4) is 5.75 Å². The van der Waals surface area contributed by atoms with Gasteiger partial charge in [0.2, 0.25) is 5.43 Å². The Kier molecular flexibility index (Phi) is 3.80. The van der Waals surface area contributed by atoms with Gasteiger partial charge >= 0.3 is 0 Å². The van der Waals surface area contributed by atoms with Gasteiger partial charge in [0.1, 0.15) is 17.0 Å². The number of nitrogens with one attached hydrogen (secondary N) is 2. The average molecular weight is 309 g/mol. The van der Waals surface area contributed by atoms with Crippen molar-refractivity contribution < 1.29 is 9.53 Å². The lowest BCUT2D eigenvalue weighted by atomic mass is 10.1. The van der Waals surface area contributed by atoms with E-state index in [0.29, 0.717) is 22.5 Å². The van der Waals surface area contributed by atoms with Crippen LogP contribution in [0.1, 0.15) is 16.1 Å². The molecule has 23 heavy (non-hydrogen) atoms. The molecule has 0 saturated heterocycles. The molecule has 116 valence electrons. The van der Waals surface area contributed by atoms with Crippen LogP contribution in [0, 0.1) is 6.92 Å². The van der Waals surface area contributed by atoms with E-state index in [1.54, 1.807) is 43.5 Å². The Morgan fingerprint density at radius 3 is 2.87 bits per heavy atom. The normalized spacial score (nSPS) is 10.5. The molecular weight excluding hydrogens is 294 g/mol. The fraction of sp³-hybridized carbons (Fsp3) is 0.118. The number of methoxy groups -OCH3 is 1. The number of pyridine rings is 2. The summed E-state index contributed by atoms with van der Waals surface area (Å²) in [7, 11) is 1.55. The molecule has 0 atom stereocenters. The molecule has 6 heteroatoms. The van der Waals surface area contributed by atoms with Crippen LogP contribution in [0.4, 0.5) is 5.69 Å². The molecule has 0 spiro atoms. The van der Waals surface area contributed by atoms with E-state index >= 15 is 0 Å². The minimum Gasteiger partial charge on any atom is -0.497 e. The van der Waals surface area contributed by atoms with Crippen molar-refractivity contribution in [2.45, 2.75) is 6.92 Å². The molecule has 2 heterocycles. The average Bonchev–Trinajstić information content (AvgIpc) is 2.55. The maximum Gasteiger partial charge on any atom is 0.261 e. The quantitative estimate of drug-likeness (QED) is 0.778. The van der Waals surface area contributed by atoms with E-state index in [9.17, 15) is 9.59 Å². The lowest BCUT2D eigenvalue weighted by molar-refractivity contribution is 0.102. The van der Waals surface area contributed by atoms with E-state index in [-0.39, 0.29) is 11.0 Å². The monoisotopic (exact) mass is 309 g/mol. The molecule has 3 rings (SSSR count). The molecule has 3 aromatic rings. The highest BCUT2D eigenvalue weighted by molar-refractivity contribution is 6.05. The van der Waals surface area contributed by atoms with Crippen molar-refractivity contribution in [1.29, 1.82) is 0 Å². The summed E-state index contributed by atoms with van der Waals surface area (Å²) >= 11 is 0. The highest BCUT2D eigenvalue weighted by atomic mass is 16.5. The van der Waals surface area contributed by atoms with Crippen molar-refractivity contribution in [2.24, 2.45) is 0 Å². The third kappa shape index (κ3) is 2.91. The molecule has 2 N–H and O–H groups in total. The summed E-state index contributed by atoms with van der Waals surface area (Å²) < 4.78 is 5.11. The van der Waals surface area contributed by atoms with Gasteiger partial charge < -0.3 is 15.0 Å². The fourth-order valence-electron chi connectivity index (χ4n) is 2.27. The first-order valence-corrected chi connectivity index (χ1v) is 7.03. The van der Waals surface area contributed by atoms with Gasteiger partial charge in [-0.3, -0.25) is 9.59 Å². The van der Waals surface area contributed by atoms with Crippen molar-refractivity contribution >= 4 is 22.6 Å². The van der Waals surface area contributed by atoms with Crippen LogP contribution in [0.25, 0.3) is 11.0 Å². The highest BCUT2D eigenvalue weighted by Gasteiger charge is 2.14. The van der Waals surface area contributed by atoms with Gasteiger partial charge in [0.05, 0.1) is 12.5 Å². The highest BCUT2D eigenvalue weighted by Crippen LogP contribution is 2.17. The third-order valence-corrected chi connectivity index (χ3v) is 3.45. The minimum absolute atomic E-state index is 0.0333. The number of aromatic nitrogens is 2. The van der Waals surface area contributed by atoms with Crippen LogP contribution in [0.2, 0.25) is 0 Å². The first-order valence-electron chi connectivity index (χ1n) is 7.03. The molecule has 2 aromatic heterocycles. The zero-order chi connectivity index (χ0) is 16.4. The fourth-order valence-corrected chi connectivity index (χ4v) is 2.27. The van der Waals surface area contributed by atoms with E-state index in [0.717, 1.165) is 5.69 Å². The summed E-state index contributed by atoms with van der Waals surface area (Å²) in [5, 5.41) is 3.07. The van der Waals surface area contributed by atoms with Gasteiger partial charge in [0.15, 0.2) is 0 Å². The number of anilines is 1. The Morgan fingerprint density at radius 2 is 2.09 bits per heavy atom. The van der Waals surface area contributed by atoms with Gasteiger partial charge in [0.25, 0.3) is 5.91 Å². The summed E-state index contributed by atoms with van der Waals surface area (Å²) in [5.74, 6) is 0.136. The smallest absolute Gasteiger partial charge is 0.261 e. The van der Waals surface area contributed by atoms with Crippen LogP contribution in [0.3, 0.4) is 0 Å². The molecule has 0 bridgehead atoms. The lowest BCUT2D eigenvalue weighted by Crippen LogP contribution is -2.22. The number of fused-ring (bicyclic) bond motifs is 1. The van der Waals surface area contributed by atoms with E-state index < -0.39 is 5.91 Å². The van der Waals surface area contributed by atoms with E-state index in [2.05, 4.69) is 15.3 Å². The first-order chi connectivity index (χ1) is 11.1. The summed E-state index contributed by atoms with van der Waals surface area (Å²) in [6, 6.07) is 10.3. The number of hydrogen-bond donors (Lipinski definition) is 2. The van der Waals surface area contributed by atoms with E-state index in [1.165, 1.54) is 6.20 Å². The molecule has 0 saturated carbocycles.